The van der Waals surface area contributed by atoms with E-state index in [4.69, 9.17) is 0 Å². The quantitative estimate of drug-likeness (QED) is 0.730. The lowest BCUT2D eigenvalue weighted by Gasteiger charge is -2.11. The number of hydrogen-bond acceptors (Lipinski definition) is 3. The number of rotatable bonds is 4. The minimum Gasteiger partial charge on any atom is -0.347 e. The van der Waals surface area contributed by atoms with Gasteiger partial charge in [-0.05, 0) is 19.8 Å². The lowest BCUT2D eigenvalue weighted by atomic mass is 10.1. The van der Waals surface area contributed by atoms with Crippen LogP contribution in [0.3, 0.4) is 0 Å². The summed E-state index contributed by atoms with van der Waals surface area (Å²) in [6.45, 7) is 4.21. The molecule has 0 atom stereocenters. The van der Waals surface area contributed by atoms with Gasteiger partial charge in [0.2, 0.25) is 5.95 Å². The van der Waals surface area contributed by atoms with Gasteiger partial charge in [0.15, 0.2) is 0 Å². The Morgan fingerprint density at radius 3 is 2.57 bits per heavy atom. The molecular weight excluding hydrogens is 174 g/mol. The van der Waals surface area contributed by atoms with Crippen LogP contribution in [0, 0.1) is 13.1 Å². The highest BCUT2D eigenvalue weighted by Crippen LogP contribution is 2.10. The molecule has 1 aromatic rings. The van der Waals surface area contributed by atoms with Crippen molar-refractivity contribution in [1.82, 2.24) is 9.97 Å². The molecule has 0 aliphatic rings. The van der Waals surface area contributed by atoms with Crippen LogP contribution in [-0.4, -0.2) is 24.1 Å². The van der Waals surface area contributed by atoms with E-state index in [-0.39, 0.29) is 0 Å². The molecule has 1 heterocycles. The van der Waals surface area contributed by atoms with Crippen molar-refractivity contribution < 1.29 is 0 Å². The topological polar surface area (TPSA) is 29.0 Å². The van der Waals surface area contributed by atoms with E-state index >= 15 is 0 Å². The fourth-order valence-corrected chi connectivity index (χ4v) is 1.23. The molecule has 77 valence electrons. The Bertz CT molecular complexity index is 295. The first kappa shape index (κ1) is 11.0. The van der Waals surface area contributed by atoms with Crippen LogP contribution in [0.25, 0.3) is 0 Å². The second-order valence-corrected chi connectivity index (χ2v) is 3.70. The Kier molecular flexibility index (Phi) is 3.86. The minimum absolute atomic E-state index is 0.739. The monoisotopic (exact) mass is 192 g/mol. The van der Waals surface area contributed by atoms with Crippen LogP contribution in [0.4, 0.5) is 5.95 Å². The highest BCUT2D eigenvalue weighted by atomic mass is 15.2. The minimum atomic E-state index is 0.739. The maximum absolute atomic E-state index is 4.41. The third kappa shape index (κ3) is 2.69. The zero-order valence-electron chi connectivity index (χ0n) is 9.46. The first-order valence-corrected chi connectivity index (χ1v) is 5.07. The molecule has 0 spiro atoms. The Hall–Kier alpha value is -1.12. The zero-order chi connectivity index (χ0) is 10.6. The van der Waals surface area contributed by atoms with E-state index in [0.717, 1.165) is 23.6 Å². The average molecular weight is 192 g/mol. The Morgan fingerprint density at radius 1 is 1.36 bits per heavy atom. The van der Waals surface area contributed by atoms with E-state index in [0.29, 0.717) is 0 Å². The fraction of sp³-hybridized carbons (Fsp3) is 0.636. The van der Waals surface area contributed by atoms with Gasteiger partial charge in [-0.1, -0.05) is 13.3 Å². The van der Waals surface area contributed by atoms with Gasteiger partial charge in [-0.25, -0.2) is 9.97 Å². The molecule has 0 fully saturated rings. The van der Waals surface area contributed by atoms with Gasteiger partial charge in [-0.2, -0.15) is 0 Å². The highest BCUT2D eigenvalue weighted by molar-refractivity contribution is 5.30. The zero-order valence-corrected chi connectivity index (χ0v) is 9.46. The number of aromatic nitrogens is 2. The third-order valence-corrected chi connectivity index (χ3v) is 2.18. The molecule has 1 radical (unpaired) electrons. The lowest BCUT2D eigenvalue weighted by molar-refractivity contribution is 0.777. The summed E-state index contributed by atoms with van der Waals surface area (Å²) in [5.74, 6) is 0.739. The number of hydrogen-bond donors (Lipinski definition) is 0. The standard InChI is InChI=1S/C11H18N3/c1-5-6-7-10-8-12-11(14(3)4)13-9(10)2/h5-7H2,1-4H3. The number of aryl methyl sites for hydroxylation is 2. The SMILES string of the molecule is CCCCc1[c]nc(N(C)C)nc1C. The van der Waals surface area contributed by atoms with Crippen molar-refractivity contribution in [2.24, 2.45) is 0 Å². The van der Waals surface area contributed by atoms with Crippen LogP contribution in [0.1, 0.15) is 31.0 Å². The summed E-state index contributed by atoms with van der Waals surface area (Å²) in [4.78, 5) is 10.5. The normalized spacial score (nSPS) is 10.3. The molecule has 0 aliphatic carbocycles. The van der Waals surface area contributed by atoms with E-state index in [2.05, 4.69) is 23.1 Å². The maximum atomic E-state index is 4.41. The molecule has 0 aromatic carbocycles. The molecule has 0 bridgehead atoms. The average Bonchev–Trinajstić information content (AvgIpc) is 2.15. The van der Waals surface area contributed by atoms with Crippen molar-refractivity contribution in [2.45, 2.75) is 33.1 Å². The summed E-state index contributed by atoms with van der Waals surface area (Å²) < 4.78 is 0. The fourth-order valence-electron chi connectivity index (χ4n) is 1.23. The predicted molar refractivity (Wildman–Crippen MR) is 58.5 cm³/mol. The second kappa shape index (κ2) is 4.94. The maximum Gasteiger partial charge on any atom is 0.225 e. The molecule has 0 aliphatic heterocycles. The van der Waals surface area contributed by atoms with E-state index in [1.54, 1.807) is 0 Å². The number of anilines is 1. The summed E-state index contributed by atoms with van der Waals surface area (Å²) in [7, 11) is 3.88. The van der Waals surface area contributed by atoms with Crippen LogP contribution < -0.4 is 4.90 Å². The van der Waals surface area contributed by atoms with Gasteiger partial charge < -0.3 is 4.90 Å². The molecule has 0 amide bonds. The molecule has 0 saturated carbocycles. The molecule has 3 nitrogen and oxygen atoms in total. The smallest absolute Gasteiger partial charge is 0.225 e. The third-order valence-electron chi connectivity index (χ3n) is 2.18. The Balaban J connectivity index is 2.79. The molecule has 0 saturated heterocycles. The van der Waals surface area contributed by atoms with Gasteiger partial charge >= 0.3 is 0 Å². The van der Waals surface area contributed by atoms with E-state index < -0.39 is 0 Å². The second-order valence-electron chi connectivity index (χ2n) is 3.70. The van der Waals surface area contributed by atoms with Crippen molar-refractivity contribution in [3.8, 4) is 0 Å². The molecule has 0 N–H and O–H groups in total. The van der Waals surface area contributed by atoms with Gasteiger partial charge in [0.25, 0.3) is 0 Å². The Labute approximate surface area is 86.2 Å². The molecule has 1 rings (SSSR count). The molecule has 14 heavy (non-hydrogen) atoms. The van der Waals surface area contributed by atoms with E-state index in [9.17, 15) is 0 Å². The number of unbranched alkanes of at least 4 members (excludes halogenated alkanes) is 1. The molecule has 1 aromatic heterocycles. The van der Waals surface area contributed by atoms with Crippen molar-refractivity contribution in [1.29, 1.82) is 0 Å². The van der Waals surface area contributed by atoms with Crippen LogP contribution in [0.15, 0.2) is 0 Å². The predicted octanol–water partition coefficient (Wildman–Crippen LogP) is 1.99. The van der Waals surface area contributed by atoms with Gasteiger partial charge in [0, 0.05) is 25.4 Å². The summed E-state index contributed by atoms with van der Waals surface area (Å²) in [6.07, 6.45) is 6.48. The summed E-state index contributed by atoms with van der Waals surface area (Å²) in [6, 6.07) is 0. The molecule has 0 unspecified atom stereocenters. The van der Waals surface area contributed by atoms with Crippen LogP contribution in [0.2, 0.25) is 0 Å². The largest absolute Gasteiger partial charge is 0.347 e. The van der Waals surface area contributed by atoms with E-state index in [1.807, 2.05) is 25.9 Å². The highest BCUT2D eigenvalue weighted by Gasteiger charge is 2.04. The van der Waals surface area contributed by atoms with Crippen molar-refractivity contribution in [3.63, 3.8) is 0 Å². The molecule has 3 heteroatoms. The summed E-state index contributed by atoms with van der Waals surface area (Å²) in [5.41, 5.74) is 2.20. The lowest BCUT2D eigenvalue weighted by Crippen LogP contribution is -2.14. The Morgan fingerprint density at radius 2 is 2.07 bits per heavy atom. The van der Waals surface area contributed by atoms with E-state index in [1.165, 1.54) is 12.8 Å². The van der Waals surface area contributed by atoms with Gasteiger partial charge in [-0.3, -0.25) is 0 Å². The summed E-state index contributed by atoms with van der Waals surface area (Å²) >= 11 is 0. The van der Waals surface area contributed by atoms with Crippen molar-refractivity contribution in [3.05, 3.63) is 17.5 Å². The van der Waals surface area contributed by atoms with Crippen molar-refractivity contribution in [2.75, 3.05) is 19.0 Å². The van der Waals surface area contributed by atoms with Crippen LogP contribution in [0.5, 0.6) is 0 Å². The van der Waals surface area contributed by atoms with Crippen molar-refractivity contribution >= 4 is 5.95 Å². The van der Waals surface area contributed by atoms with Crippen LogP contribution >= 0.6 is 0 Å². The first-order valence-electron chi connectivity index (χ1n) is 5.07. The molecular formula is C11H18N3. The first-order chi connectivity index (χ1) is 6.65. The van der Waals surface area contributed by atoms with Gasteiger partial charge in [0.05, 0.1) is 6.20 Å². The number of nitrogens with zero attached hydrogens (tertiary/aromatic N) is 3. The summed E-state index contributed by atoms with van der Waals surface area (Å²) in [5, 5.41) is 0. The van der Waals surface area contributed by atoms with Crippen LogP contribution in [-0.2, 0) is 6.42 Å². The van der Waals surface area contributed by atoms with Gasteiger partial charge in [0.1, 0.15) is 0 Å². The van der Waals surface area contributed by atoms with Gasteiger partial charge in [-0.15, -0.1) is 0 Å².